The third kappa shape index (κ3) is 2.55. The summed E-state index contributed by atoms with van der Waals surface area (Å²) in [7, 11) is 0. The van der Waals surface area contributed by atoms with E-state index in [2.05, 4.69) is 42.3 Å². The van der Waals surface area contributed by atoms with Crippen LogP contribution >= 0.6 is 15.9 Å². The van der Waals surface area contributed by atoms with Crippen LogP contribution in [0, 0.1) is 0 Å². The van der Waals surface area contributed by atoms with E-state index >= 15 is 0 Å². The highest BCUT2D eigenvalue weighted by Crippen LogP contribution is 2.35. The Hall–Kier alpha value is -1.82. The van der Waals surface area contributed by atoms with E-state index in [0.29, 0.717) is 12.5 Å². The summed E-state index contributed by atoms with van der Waals surface area (Å²) in [6, 6.07) is 8.16. The molecule has 0 amide bonds. The lowest BCUT2D eigenvalue weighted by Crippen LogP contribution is -2.37. The molecule has 2 N–H and O–H groups in total. The van der Waals surface area contributed by atoms with Gasteiger partial charge in [-0.25, -0.2) is 4.98 Å². The number of aliphatic imine (C=N–C) groups is 1. The number of rotatable bonds is 4. The first-order valence-electron chi connectivity index (χ1n) is 7.06. The van der Waals surface area contributed by atoms with Crippen molar-refractivity contribution in [3.05, 3.63) is 47.0 Å². The van der Waals surface area contributed by atoms with Gasteiger partial charge >= 0.3 is 0 Å². The maximum Gasteiger partial charge on any atom is 0.196 e. The van der Waals surface area contributed by atoms with Gasteiger partial charge in [0.05, 0.1) is 36.5 Å². The third-order valence-corrected chi connectivity index (χ3v) is 4.32. The lowest BCUT2D eigenvalue weighted by molar-refractivity contribution is 0.606. The smallest absolute Gasteiger partial charge is 0.196 e. The van der Waals surface area contributed by atoms with Crippen LogP contribution in [0.3, 0.4) is 0 Å². The molecule has 0 fully saturated rings. The molecule has 0 aliphatic carbocycles. The van der Waals surface area contributed by atoms with Gasteiger partial charge < -0.3 is 15.2 Å². The number of hydrogen-bond donors (Lipinski definition) is 1. The third-order valence-electron chi connectivity index (χ3n) is 3.65. The monoisotopic (exact) mass is 347 g/mol. The van der Waals surface area contributed by atoms with Crippen molar-refractivity contribution >= 4 is 27.6 Å². The highest BCUT2D eigenvalue weighted by atomic mass is 79.9. The lowest BCUT2D eigenvalue weighted by Gasteiger charge is -2.27. The highest BCUT2D eigenvalue weighted by Gasteiger charge is 2.31. The summed E-state index contributed by atoms with van der Waals surface area (Å²) in [6.07, 6.45) is 4.87. The highest BCUT2D eigenvalue weighted by molar-refractivity contribution is 9.10. The number of nitrogens with two attached hydrogens (primary N) is 1. The largest absolute Gasteiger partial charge is 0.369 e. The molecule has 0 bridgehead atoms. The molecule has 2 heterocycles. The summed E-state index contributed by atoms with van der Waals surface area (Å²) >= 11 is 3.60. The van der Waals surface area contributed by atoms with Gasteiger partial charge in [0.25, 0.3) is 0 Å². The first kappa shape index (κ1) is 14.1. The van der Waals surface area contributed by atoms with Crippen molar-refractivity contribution in [2.24, 2.45) is 10.7 Å². The van der Waals surface area contributed by atoms with Crippen LogP contribution in [-0.2, 0) is 6.54 Å². The molecule has 0 saturated heterocycles. The Morgan fingerprint density at radius 2 is 2.19 bits per heavy atom. The molecule has 1 aromatic carbocycles. The van der Waals surface area contributed by atoms with Gasteiger partial charge in [-0.05, 0) is 34.5 Å². The Bertz CT molecular complexity index is 664. The Labute approximate surface area is 132 Å². The fraction of sp³-hybridized carbons (Fsp3) is 0.333. The molecule has 0 saturated carbocycles. The number of hydrogen-bond acceptors (Lipinski definition) is 4. The number of aryl methyl sites for hydroxylation is 1. The fourth-order valence-electron chi connectivity index (χ4n) is 2.70. The number of anilines is 1. The van der Waals surface area contributed by atoms with Crippen LogP contribution in [0.15, 0.2) is 46.3 Å². The fourth-order valence-corrected chi connectivity index (χ4v) is 3.17. The number of para-hydroxylation sites is 1. The first-order chi connectivity index (χ1) is 10.2. The molecule has 3 rings (SSSR count). The molecular weight excluding hydrogens is 330 g/mol. The quantitative estimate of drug-likeness (QED) is 0.924. The van der Waals surface area contributed by atoms with Gasteiger partial charge in [0.15, 0.2) is 5.96 Å². The van der Waals surface area contributed by atoms with Crippen molar-refractivity contribution in [2.75, 3.05) is 11.4 Å². The van der Waals surface area contributed by atoms with Crippen LogP contribution in [0.1, 0.15) is 25.1 Å². The number of aromatic nitrogens is 2. The molecular formula is C15H18BrN5. The molecule has 1 aliphatic rings. The van der Waals surface area contributed by atoms with Gasteiger partial charge in [-0.1, -0.05) is 19.1 Å². The van der Waals surface area contributed by atoms with Crippen LogP contribution in [0.25, 0.3) is 0 Å². The van der Waals surface area contributed by atoms with Gasteiger partial charge in [0, 0.05) is 11.0 Å². The maximum atomic E-state index is 6.13. The van der Waals surface area contributed by atoms with Crippen LogP contribution in [0.2, 0.25) is 0 Å². The zero-order chi connectivity index (χ0) is 14.8. The van der Waals surface area contributed by atoms with Crippen LogP contribution < -0.4 is 10.6 Å². The van der Waals surface area contributed by atoms with Crippen molar-refractivity contribution in [1.82, 2.24) is 9.55 Å². The summed E-state index contributed by atoms with van der Waals surface area (Å²) < 4.78 is 3.19. The number of nitrogens with zero attached hydrogens (tertiary/aromatic N) is 4. The number of imidazole rings is 1. The molecule has 0 radical (unpaired) electrons. The van der Waals surface area contributed by atoms with Gasteiger partial charge in [-0.2, -0.15) is 0 Å². The minimum atomic E-state index is 0.0951. The predicted octanol–water partition coefficient (Wildman–Crippen LogP) is 2.93. The van der Waals surface area contributed by atoms with Crippen molar-refractivity contribution in [3.8, 4) is 0 Å². The minimum Gasteiger partial charge on any atom is -0.369 e. The average molecular weight is 348 g/mol. The Morgan fingerprint density at radius 3 is 2.95 bits per heavy atom. The molecule has 1 unspecified atom stereocenters. The molecule has 1 aromatic heterocycles. The lowest BCUT2D eigenvalue weighted by atomic mass is 10.1. The number of benzene rings is 1. The van der Waals surface area contributed by atoms with E-state index in [9.17, 15) is 0 Å². The first-order valence-corrected chi connectivity index (χ1v) is 7.85. The van der Waals surface area contributed by atoms with E-state index in [0.717, 1.165) is 28.8 Å². The van der Waals surface area contributed by atoms with Gasteiger partial charge in [-0.15, -0.1) is 0 Å². The number of guanidine groups is 1. The zero-order valence-electron chi connectivity index (χ0n) is 11.9. The summed E-state index contributed by atoms with van der Waals surface area (Å²) in [5.74, 6) is 0.552. The standard InChI is InChI=1S/C15H18BrN5/c1-2-7-20-10-18-8-13(20)14-9-19-15(17)21(14)12-6-4-3-5-11(12)16/h3-6,8,10,14H,2,7,9H2,1H3,(H2,17,19). The average Bonchev–Trinajstić information content (AvgIpc) is 3.07. The summed E-state index contributed by atoms with van der Waals surface area (Å²) in [5.41, 5.74) is 8.31. The van der Waals surface area contributed by atoms with Gasteiger partial charge in [-0.3, -0.25) is 4.99 Å². The zero-order valence-corrected chi connectivity index (χ0v) is 13.5. The second kappa shape index (κ2) is 5.89. The maximum absolute atomic E-state index is 6.13. The van der Waals surface area contributed by atoms with Crippen molar-refractivity contribution in [3.63, 3.8) is 0 Å². The molecule has 2 aromatic rings. The van der Waals surface area contributed by atoms with Crippen molar-refractivity contribution in [2.45, 2.75) is 25.9 Å². The molecule has 1 atom stereocenters. The minimum absolute atomic E-state index is 0.0951. The summed E-state index contributed by atoms with van der Waals surface area (Å²) in [4.78, 5) is 10.8. The molecule has 0 spiro atoms. The summed E-state index contributed by atoms with van der Waals surface area (Å²) in [5, 5.41) is 0. The van der Waals surface area contributed by atoms with Crippen molar-refractivity contribution in [1.29, 1.82) is 0 Å². The summed E-state index contributed by atoms with van der Waals surface area (Å²) in [6.45, 7) is 3.77. The molecule has 6 heteroatoms. The molecule has 5 nitrogen and oxygen atoms in total. The predicted molar refractivity (Wildman–Crippen MR) is 88.4 cm³/mol. The van der Waals surface area contributed by atoms with E-state index in [4.69, 9.17) is 5.73 Å². The van der Waals surface area contributed by atoms with Crippen molar-refractivity contribution < 1.29 is 0 Å². The van der Waals surface area contributed by atoms with E-state index < -0.39 is 0 Å². The molecule has 21 heavy (non-hydrogen) atoms. The van der Waals surface area contributed by atoms with E-state index in [-0.39, 0.29) is 6.04 Å². The normalized spacial score (nSPS) is 18.1. The van der Waals surface area contributed by atoms with Crippen LogP contribution in [-0.4, -0.2) is 22.1 Å². The molecule has 1 aliphatic heterocycles. The van der Waals surface area contributed by atoms with Gasteiger partial charge in [0.2, 0.25) is 0 Å². The SMILES string of the molecule is CCCn1cncc1C1CN=C(N)N1c1ccccc1Br. The molecule has 110 valence electrons. The Balaban J connectivity index is 1.99. The Kier molecular flexibility index (Phi) is 3.96. The van der Waals surface area contributed by atoms with Gasteiger partial charge in [0.1, 0.15) is 0 Å². The van der Waals surface area contributed by atoms with E-state index in [1.54, 1.807) is 0 Å². The topological polar surface area (TPSA) is 59.4 Å². The van der Waals surface area contributed by atoms with Crippen LogP contribution in [0.4, 0.5) is 5.69 Å². The second-order valence-corrected chi connectivity index (χ2v) is 5.90. The van der Waals surface area contributed by atoms with E-state index in [1.165, 1.54) is 0 Å². The second-order valence-electron chi connectivity index (χ2n) is 5.05. The van der Waals surface area contributed by atoms with E-state index in [1.807, 2.05) is 36.8 Å². The number of halogens is 1. The Morgan fingerprint density at radius 1 is 1.38 bits per heavy atom. The van der Waals surface area contributed by atoms with Crippen LogP contribution in [0.5, 0.6) is 0 Å².